The Morgan fingerprint density at radius 3 is 2.74 bits per heavy atom. The molecule has 2 aliphatic rings. The van der Waals surface area contributed by atoms with Crippen molar-refractivity contribution in [3.8, 4) is 0 Å². The van der Waals surface area contributed by atoms with Crippen molar-refractivity contribution in [1.29, 1.82) is 0 Å². The van der Waals surface area contributed by atoms with Gasteiger partial charge < -0.3 is 16.0 Å². The number of anilines is 1. The van der Waals surface area contributed by atoms with E-state index in [0.717, 1.165) is 45.7 Å². The van der Waals surface area contributed by atoms with Crippen molar-refractivity contribution in [3.63, 3.8) is 0 Å². The highest BCUT2D eigenvalue weighted by Gasteiger charge is 2.21. The molecule has 0 radical (unpaired) electrons. The van der Waals surface area contributed by atoms with E-state index in [9.17, 15) is 0 Å². The van der Waals surface area contributed by atoms with E-state index in [2.05, 4.69) is 51.3 Å². The van der Waals surface area contributed by atoms with Gasteiger partial charge in [0, 0.05) is 51.0 Å². The number of guanidine groups is 1. The zero-order valence-electron chi connectivity index (χ0n) is 14.2. The van der Waals surface area contributed by atoms with Crippen LogP contribution in [0.4, 0.5) is 5.69 Å². The van der Waals surface area contributed by atoms with E-state index in [1.807, 2.05) is 0 Å². The van der Waals surface area contributed by atoms with E-state index in [0.29, 0.717) is 12.0 Å². The van der Waals surface area contributed by atoms with E-state index in [1.165, 1.54) is 24.1 Å². The molecule has 0 aromatic heterocycles. The summed E-state index contributed by atoms with van der Waals surface area (Å²) in [5, 5.41) is 3.23. The van der Waals surface area contributed by atoms with E-state index in [1.54, 1.807) is 0 Å². The molecule has 5 heteroatoms. The van der Waals surface area contributed by atoms with Crippen LogP contribution < -0.4 is 16.0 Å². The fraction of sp³-hybridized carbons (Fsp3) is 0.611. The van der Waals surface area contributed by atoms with Gasteiger partial charge in [0.2, 0.25) is 0 Å². The molecule has 0 amide bonds. The second-order valence-electron chi connectivity index (χ2n) is 6.71. The van der Waals surface area contributed by atoms with Gasteiger partial charge in [-0.3, -0.25) is 9.89 Å². The van der Waals surface area contributed by atoms with Crippen molar-refractivity contribution in [3.05, 3.63) is 29.8 Å². The summed E-state index contributed by atoms with van der Waals surface area (Å²) in [5.41, 5.74) is 8.54. The van der Waals surface area contributed by atoms with Crippen LogP contribution in [0.3, 0.4) is 0 Å². The molecule has 1 aromatic rings. The molecule has 3 rings (SSSR count). The van der Waals surface area contributed by atoms with Crippen LogP contribution >= 0.6 is 0 Å². The van der Waals surface area contributed by atoms with Gasteiger partial charge in [-0.1, -0.05) is 12.1 Å². The molecular formula is C18H29N5. The lowest BCUT2D eigenvalue weighted by Crippen LogP contribution is -2.46. The molecular weight excluding hydrogens is 286 g/mol. The second-order valence-corrected chi connectivity index (χ2v) is 6.71. The van der Waals surface area contributed by atoms with Crippen molar-refractivity contribution in [2.45, 2.75) is 32.2 Å². The lowest BCUT2D eigenvalue weighted by atomic mass is 10.2. The van der Waals surface area contributed by atoms with E-state index in [4.69, 9.17) is 5.73 Å². The number of hydrogen-bond donors (Lipinski definition) is 2. The molecule has 5 nitrogen and oxygen atoms in total. The third kappa shape index (κ3) is 5.13. The Morgan fingerprint density at radius 2 is 2.04 bits per heavy atom. The Morgan fingerprint density at radius 1 is 1.26 bits per heavy atom. The van der Waals surface area contributed by atoms with Gasteiger partial charge in [0.25, 0.3) is 0 Å². The first-order valence-corrected chi connectivity index (χ1v) is 8.81. The summed E-state index contributed by atoms with van der Waals surface area (Å²) in [7, 11) is 0. The molecule has 1 aliphatic heterocycles. The first-order chi connectivity index (χ1) is 11.2. The Labute approximate surface area is 139 Å². The van der Waals surface area contributed by atoms with Crippen LogP contribution in [0.1, 0.15) is 24.8 Å². The number of rotatable bonds is 6. The van der Waals surface area contributed by atoms with Gasteiger partial charge in [-0.25, -0.2) is 0 Å². The summed E-state index contributed by atoms with van der Waals surface area (Å²) in [5.74, 6) is 0.622. The summed E-state index contributed by atoms with van der Waals surface area (Å²) in [4.78, 5) is 9.43. The number of nitrogens with zero attached hydrogens (tertiary/aromatic N) is 3. The summed E-state index contributed by atoms with van der Waals surface area (Å²) in [6.45, 7) is 8.58. The maximum atomic E-state index is 5.85. The van der Waals surface area contributed by atoms with Crippen molar-refractivity contribution in [1.82, 2.24) is 10.2 Å². The summed E-state index contributed by atoms with van der Waals surface area (Å²) < 4.78 is 0. The molecule has 1 saturated heterocycles. The molecule has 23 heavy (non-hydrogen) atoms. The predicted octanol–water partition coefficient (Wildman–Crippen LogP) is 1.57. The molecule has 2 fully saturated rings. The fourth-order valence-corrected chi connectivity index (χ4v) is 3.03. The number of piperazine rings is 1. The van der Waals surface area contributed by atoms with Crippen LogP contribution in [0, 0.1) is 6.92 Å². The SMILES string of the molecule is Cc1cccc(N2CCN(CCCN=C(N)NC3CC3)CC2)c1. The van der Waals surface area contributed by atoms with E-state index < -0.39 is 0 Å². The zero-order valence-corrected chi connectivity index (χ0v) is 14.2. The molecule has 3 N–H and O–H groups in total. The topological polar surface area (TPSA) is 56.9 Å². The van der Waals surface area contributed by atoms with Gasteiger partial charge in [0.1, 0.15) is 0 Å². The number of benzene rings is 1. The monoisotopic (exact) mass is 315 g/mol. The van der Waals surface area contributed by atoms with E-state index >= 15 is 0 Å². The average Bonchev–Trinajstić information content (AvgIpc) is 3.36. The van der Waals surface area contributed by atoms with Gasteiger partial charge in [-0.05, 0) is 43.9 Å². The summed E-state index contributed by atoms with van der Waals surface area (Å²) in [6.07, 6.45) is 3.56. The van der Waals surface area contributed by atoms with Gasteiger partial charge in [0.15, 0.2) is 5.96 Å². The van der Waals surface area contributed by atoms with Crippen molar-refractivity contribution in [2.75, 3.05) is 44.2 Å². The van der Waals surface area contributed by atoms with Crippen LogP contribution in [0.25, 0.3) is 0 Å². The summed E-state index contributed by atoms with van der Waals surface area (Å²) in [6, 6.07) is 9.39. The molecule has 1 aromatic carbocycles. The summed E-state index contributed by atoms with van der Waals surface area (Å²) >= 11 is 0. The van der Waals surface area contributed by atoms with Crippen molar-refractivity contribution >= 4 is 11.6 Å². The molecule has 0 atom stereocenters. The molecule has 0 spiro atoms. The maximum absolute atomic E-state index is 5.85. The molecule has 126 valence electrons. The van der Waals surface area contributed by atoms with E-state index in [-0.39, 0.29) is 0 Å². The number of aliphatic imine (C=N–C) groups is 1. The molecule has 1 saturated carbocycles. The van der Waals surface area contributed by atoms with Crippen LogP contribution in [0.5, 0.6) is 0 Å². The number of hydrogen-bond acceptors (Lipinski definition) is 3. The lowest BCUT2D eigenvalue weighted by Gasteiger charge is -2.36. The van der Waals surface area contributed by atoms with Crippen molar-refractivity contribution < 1.29 is 0 Å². The number of nitrogens with one attached hydrogen (secondary N) is 1. The van der Waals surface area contributed by atoms with Crippen LogP contribution in [0.2, 0.25) is 0 Å². The minimum atomic E-state index is 0.591. The third-order valence-electron chi connectivity index (χ3n) is 4.58. The van der Waals surface area contributed by atoms with Gasteiger partial charge in [0.05, 0.1) is 0 Å². The van der Waals surface area contributed by atoms with Gasteiger partial charge in [-0.15, -0.1) is 0 Å². The number of nitrogens with two attached hydrogens (primary N) is 1. The third-order valence-corrected chi connectivity index (χ3v) is 4.58. The molecule has 1 heterocycles. The smallest absolute Gasteiger partial charge is 0.188 e. The maximum Gasteiger partial charge on any atom is 0.188 e. The van der Waals surface area contributed by atoms with Crippen LogP contribution in [0.15, 0.2) is 29.3 Å². The Kier molecular flexibility index (Phi) is 5.39. The Bertz CT molecular complexity index is 530. The Hall–Kier alpha value is -1.75. The molecule has 1 aliphatic carbocycles. The fourth-order valence-electron chi connectivity index (χ4n) is 3.03. The largest absolute Gasteiger partial charge is 0.370 e. The van der Waals surface area contributed by atoms with Gasteiger partial charge >= 0.3 is 0 Å². The normalized spacial score (nSPS) is 19.9. The first-order valence-electron chi connectivity index (χ1n) is 8.81. The zero-order chi connectivity index (χ0) is 16.1. The number of aryl methyl sites for hydroxylation is 1. The first kappa shape index (κ1) is 16.1. The highest BCUT2D eigenvalue weighted by molar-refractivity contribution is 5.78. The second kappa shape index (κ2) is 7.68. The van der Waals surface area contributed by atoms with Gasteiger partial charge in [-0.2, -0.15) is 0 Å². The van der Waals surface area contributed by atoms with Crippen molar-refractivity contribution in [2.24, 2.45) is 10.7 Å². The predicted molar refractivity (Wildman–Crippen MR) is 97.1 cm³/mol. The van der Waals surface area contributed by atoms with Crippen LogP contribution in [-0.2, 0) is 0 Å². The lowest BCUT2D eigenvalue weighted by molar-refractivity contribution is 0.256. The highest BCUT2D eigenvalue weighted by Crippen LogP contribution is 2.18. The minimum absolute atomic E-state index is 0.591. The molecule has 0 unspecified atom stereocenters. The Balaban J connectivity index is 1.34. The van der Waals surface area contributed by atoms with Crippen LogP contribution in [-0.4, -0.2) is 56.2 Å². The highest BCUT2D eigenvalue weighted by atomic mass is 15.3. The quantitative estimate of drug-likeness (QED) is 0.475. The molecule has 0 bridgehead atoms. The minimum Gasteiger partial charge on any atom is -0.370 e. The average molecular weight is 315 g/mol. The standard InChI is InChI=1S/C18H29N5/c1-15-4-2-5-17(14-15)23-12-10-22(11-13-23)9-3-8-20-18(19)21-16-6-7-16/h2,4-5,14,16H,3,6-13H2,1H3,(H3,19,20,21).